The first-order valence-corrected chi connectivity index (χ1v) is 14.5. The molecule has 39 heavy (non-hydrogen) atoms. The molecule has 10 heteroatoms. The van der Waals surface area contributed by atoms with Crippen molar-refractivity contribution in [3.63, 3.8) is 0 Å². The van der Waals surface area contributed by atoms with Crippen molar-refractivity contribution < 1.29 is 13.6 Å². The van der Waals surface area contributed by atoms with Crippen LogP contribution in [0.25, 0.3) is 0 Å². The Kier molecular flexibility index (Phi) is 7.55. The number of fused-ring (bicyclic) bond motifs is 2. The van der Waals surface area contributed by atoms with Crippen LogP contribution in [-0.4, -0.2) is 77.5 Å². The van der Waals surface area contributed by atoms with Crippen molar-refractivity contribution in [3.8, 4) is 0 Å². The predicted molar refractivity (Wildman–Crippen MR) is 149 cm³/mol. The number of hydrogen-bond donors (Lipinski definition) is 2. The lowest BCUT2D eigenvalue weighted by Gasteiger charge is -2.40. The summed E-state index contributed by atoms with van der Waals surface area (Å²) in [5.74, 6) is 1.14. The number of alkyl halides is 2. The van der Waals surface area contributed by atoms with Crippen LogP contribution in [0, 0.1) is 0 Å². The number of piperazine rings is 1. The molecule has 4 fully saturated rings. The molecule has 0 spiro atoms. The van der Waals surface area contributed by atoms with Crippen LogP contribution in [0.5, 0.6) is 0 Å². The second-order valence-corrected chi connectivity index (χ2v) is 11.5. The Morgan fingerprint density at radius 1 is 1.10 bits per heavy atom. The van der Waals surface area contributed by atoms with Crippen molar-refractivity contribution in [3.05, 3.63) is 35.5 Å². The molecule has 1 amide bonds. The fourth-order valence-corrected chi connectivity index (χ4v) is 6.37. The summed E-state index contributed by atoms with van der Waals surface area (Å²) in [6.07, 6.45) is 6.63. The third-order valence-corrected chi connectivity index (χ3v) is 8.88. The van der Waals surface area contributed by atoms with Crippen LogP contribution in [0.3, 0.4) is 0 Å². The SMILES string of the molecule is CN1[C@@H]2CC[C@H]1CN(c1ccc(Nc3ncc(C(F)F)c(NCCCN4CCCCC4=O)n3)c(C3CC3)c1)C2. The van der Waals surface area contributed by atoms with Gasteiger partial charge in [0.05, 0.1) is 5.56 Å². The summed E-state index contributed by atoms with van der Waals surface area (Å²) >= 11 is 0. The van der Waals surface area contributed by atoms with Gasteiger partial charge in [0.15, 0.2) is 0 Å². The van der Waals surface area contributed by atoms with E-state index in [1.54, 1.807) is 0 Å². The fourth-order valence-electron chi connectivity index (χ4n) is 6.37. The van der Waals surface area contributed by atoms with E-state index in [0.717, 1.165) is 51.0 Å². The van der Waals surface area contributed by atoms with Crippen LogP contribution in [0.2, 0.25) is 0 Å². The van der Waals surface area contributed by atoms with Gasteiger partial charge >= 0.3 is 0 Å². The molecule has 210 valence electrons. The number of likely N-dealkylation sites (tertiary alicyclic amines) is 1. The summed E-state index contributed by atoms with van der Waals surface area (Å²) in [5.41, 5.74) is 3.24. The number of likely N-dealkylation sites (N-methyl/N-ethyl adjacent to an activating group) is 1. The molecule has 0 unspecified atom stereocenters. The molecule has 3 saturated heterocycles. The van der Waals surface area contributed by atoms with E-state index >= 15 is 0 Å². The lowest BCUT2D eigenvalue weighted by molar-refractivity contribution is -0.133. The van der Waals surface area contributed by atoms with Crippen molar-refractivity contribution in [1.82, 2.24) is 19.8 Å². The number of piperidine rings is 1. The van der Waals surface area contributed by atoms with Gasteiger partial charge in [-0.3, -0.25) is 9.69 Å². The number of halogens is 2. The maximum atomic E-state index is 13.7. The number of benzene rings is 1. The van der Waals surface area contributed by atoms with Crippen molar-refractivity contribution in [1.29, 1.82) is 0 Å². The highest BCUT2D eigenvalue weighted by Gasteiger charge is 2.38. The summed E-state index contributed by atoms with van der Waals surface area (Å²) in [7, 11) is 2.25. The summed E-state index contributed by atoms with van der Waals surface area (Å²) in [4.78, 5) is 27.6. The van der Waals surface area contributed by atoms with E-state index in [4.69, 9.17) is 0 Å². The van der Waals surface area contributed by atoms with Gasteiger partial charge in [0.25, 0.3) is 6.43 Å². The van der Waals surface area contributed by atoms with Crippen LogP contribution < -0.4 is 15.5 Å². The van der Waals surface area contributed by atoms with Gasteiger partial charge in [0.2, 0.25) is 11.9 Å². The van der Waals surface area contributed by atoms with Gasteiger partial charge in [-0.15, -0.1) is 0 Å². The Hall–Kier alpha value is -3.01. The topological polar surface area (TPSA) is 76.6 Å². The molecule has 1 saturated carbocycles. The second kappa shape index (κ2) is 11.2. The summed E-state index contributed by atoms with van der Waals surface area (Å²) < 4.78 is 27.4. The van der Waals surface area contributed by atoms with Crippen LogP contribution >= 0.6 is 0 Å². The number of carbonyl (C=O) groups is 1. The Morgan fingerprint density at radius 2 is 1.90 bits per heavy atom. The minimum atomic E-state index is -2.68. The number of nitrogens with zero attached hydrogens (tertiary/aromatic N) is 5. The molecular weight excluding hydrogens is 500 g/mol. The Morgan fingerprint density at radius 3 is 2.62 bits per heavy atom. The van der Waals surface area contributed by atoms with Gasteiger partial charge in [-0.2, -0.15) is 4.98 Å². The average molecular weight is 540 g/mol. The van der Waals surface area contributed by atoms with Crippen LogP contribution in [0.15, 0.2) is 24.4 Å². The van der Waals surface area contributed by atoms with E-state index in [-0.39, 0.29) is 17.3 Å². The van der Waals surface area contributed by atoms with Crippen molar-refractivity contribution in [2.45, 2.75) is 75.8 Å². The first-order valence-electron chi connectivity index (χ1n) is 14.5. The zero-order valence-corrected chi connectivity index (χ0v) is 22.7. The molecule has 1 aromatic heterocycles. The highest BCUT2D eigenvalue weighted by atomic mass is 19.3. The highest BCUT2D eigenvalue weighted by molar-refractivity contribution is 5.76. The first-order chi connectivity index (χ1) is 19.0. The van der Waals surface area contributed by atoms with Gasteiger partial charge in [-0.05, 0) is 81.7 Å². The van der Waals surface area contributed by atoms with Crippen LogP contribution in [0.1, 0.15) is 74.8 Å². The molecule has 1 aliphatic carbocycles. The number of hydrogen-bond acceptors (Lipinski definition) is 7. The standard InChI is InChI=1S/C29H39F2N7O/c1-36-21-8-9-22(36)18-38(17-21)20-10-11-25(23(15-20)19-6-7-19)34-29-33-16-24(27(30)31)28(35-29)32-12-4-14-37-13-3-2-5-26(37)39/h10-11,15-16,19,21-22,27H,2-9,12-14,17-18H2,1H3,(H2,32,33,34,35)/t21-,22+. The van der Waals surface area contributed by atoms with E-state index in [0.29, 0.717) is 49.9 Å². The second-order valence-electron chi connectivity index (χ2n) is 11.5. The van der Waals surface area contributed by atoms with Gasteiger partial charge in [0, 0.05) is 68.8 Å². The molecule has 2 bridgehead atoms. The predicted octanol–water partition coefficient (Wildman–Crippen LogP) is 5.13. The lowest BCUT2D eigenvalue weighted by atomic mass is 10.1. The van der Waals surface area contributed by atoms with E-state index < -0.39 is 6.43 Å². The van der Waals surface area contributed by atoms with Gasteiger partial charge in [0.1, 0.15) is 5.82 Å². The fraction of sp³-hybridized carbons (Fsp3) is 0.621. The average Bonchev–Trinajstić information content (AvgIpc) is 3.75. The Labute approximate surface area is 229 Å². The smallest absolute Gasteiger partial charge is 0.268 e. The quantitative estimate of drug-likeness (QED) is 0.405. The van der Waals surface area contributed by atoms with Gasteiger partial charge < -0.3 is 20.4 Å². The molecular formula is C29H39F2N7O. The van der Waals surface area contributed by atoms with Crippen molar-refractivity contribution in [2.24, 2.45) is 0 Å². The Bertz CT molecular complexity index is 1180. The molecule has 3 aliphatic heterocycles. The van der Waals surface area contributed by atoms with E-state index in [1.807, 2.05) is 4.90 Å². The number of carbonyl (C=O) groups excluding carboxylic acids is 1. The summed E-state index contributed by atoms with van der Waals surface area (Å²) in [5, 5.41) is 6.40. The number of amides is 1. The molecule has 0 radical (unpaired) electrons. The van der Waals surface area contributed by atoms with Crippen LogP contribution in [-0.2, 0) is 4.79 Å². The lowest BCUT2D eigenvalue weighted by Crippen LogP contribution is -2.52. The van der Waals surface area contributed by atoms with Gasteiger partial charge in [-0.1, -0.05) is 0 Å². The maximum absolute atomic E-state index is 13.7. The number of rotatable bonds is 10. The van der Waals surface area contributed by atoms with E-state index in [1.165, 1.54) is 30.3 Å². The minimum Gasteiger partial charge on any atom is -0.369 e. The largest absolute Gasteiger partial charge is 0.369 e. The molecule has 2 atom stereocenters. The molecule has 2 N–H and O–H groups in total. The zero-order chi connectivity index (χ0) is 26.9. The summed E-state index contributed by atoms with van der Waals surface area (Å²) in [6, 6.07) is 7.81. The monoisotopic (exact) mass is 539 g/mol. The van der Waals surface area contributed by atoms with Crippen LogP contribution in [0.4, 0.5) is 31.9 Å². The number of aromatic nitrogens is 2. The van der Waals surface area contributed by atoms with Gasteiger partial charge in [-0.25, -0.2) is 13.8 Å². The van der Waals surface area contributed by atoms with E-state index in [2.05, 4.69) is 55.6 Å². The summed E-state index contributed by atoms with van der Waals surface area (Å²) in [6.45, 7) is 3.97. The molecule has 4 heterocycles. The number of nitrogens with one attached hydrogen (secondary N) is 2. The third-order valence-electron chi connectivity index (χ3n) is 8.88. The minimum absolute atomic E-state index is 0.143. The van der Waals surface area contributed by atoms with Crippen molar-refractivity contribution >= 4 is 29.0 Å². The van der Waals surface area contributed by atoms with Crippen molar-refractivity contribution in [2.75, 3.05) is 55.3 Å². The van der Waals surface area contributed by atoms with E-state index in [9.17, 15) is 13.6 Å². The molecule has 6 rings (SSSR count). The number of anilines is 4. The first kappa shape index (κ1) is 26.2. The Balaban J connectivity index is 1.14. The maximum Gasteiger partial charge on any atom is 0.268 e. The molecule has 1 aromatic carbocycles. The molecule has 2 aromatic rings. The molecule has 4 aliphatic rings. The highest BCUT2D eigenvalue weighted by Crippen LogP contribution is 2.46. The molecule has 8 nitrogen and oxygen atoms in total. The third kappa shape index (κ3) is 5.81. The zero-order valence-electron chi connectivity index (χ0n) is 22.7. The normalized spacial score (nSPS) is 23.5.